The Morgan fingerprint density at radius 2 is 1.64 bits per heavy atom. The van der Waals surface area contributed by atoms with Crippen LogP contribution in [0.25, 0.3) is 0 Å². The molecule has 2 rings (SSSR count). The van der Waals surface area contributed by atoms with E-state index < -0.39 is 33.2 Å². The lowest BCUT2D eigenvalue weighted by Crippen LogP contribution is -2.40. The molecule has 0 saturated heterocycles. The highest BCUT2D eigenvalue weighted by molar-refractivity contribution is 7.89. The quantitative estimate of drug-likeness (QED) is 0.778. The number of hydrogen-bond donors (Lipinski definition) is 2. The van der Waals surface area contributed by atoms with Gasteiger partial charge in [-0.2, -0.15) is 13.2 Å². The Bertz CT molecular complexity index is 965. The van der Waals surface area contributed by atoms with E-state index in [0.29, 0.717) is 0 Å². The van der Waals surface area contributed by atoms with Crippen molar-refractivity contribution in [3.8, 4) is 0 Å². The molecule has 1 amide bonds. The number of anilines is 1. The monoisotopic (exact) mass is 414 g/mol. The molecule has 0 atom stereocenters. The molecule has 0 aliphatic heterocycles. The minimum Gasteiger partial charge on any atom is -0.326 e. The lowest BCUT2D eigenvalue weighted by atomic mass is 10.1. The Hall–Kier alpha value is -2.39. The number of carbonyl (C=O) groups excluding carboxylic acids is 1. The molecule has 0 heterocycles. The summed E-state index contributed by atoms with van der Waals surface area (Å²) in [4.78, 5) is 12.1. The fraction of sp³-hybridized carbons (Fsp3) is 0.316. The minimum absolute atomic E-state index is 0.0284. The number of rotatable bonds is 5. The van der Waals surface area contributed by atoms with Crippen LogP contribution in [0.3, 0.4) is 0 Å². The number of nitrogens with one attached hydrogen (secondary N) is 2. The average molecular weight is 414 g/mol. The van der Waals surface area contributed by atoms with Gasteiger partial charge < -0.3 is 5.32 Å². The largest absolute Gasteiger partial charge is 0.416 e. The van der Waals surface area contributed by atoms with Crippen LogP contribution in [0.5, 0.6) is 0 Å². The third kappa shape index (κ3) is 6.35. The first-order chi connectivity index (χ1) is 12.8. The molecule has 152 valence electrons. The summed E-state index contributed by atoms with van der Waals surface area (Å²) in [7, 11) is -3.78. The molecule has 0 radical (unpaired) electrons. The zero-order chi connectivity index (χ0) is 21.2. The molecule has 0 aliphatic rings. The number of halogens is 3. The smallest absolute Gasteiger partial charge is 0.326 e. The molecule has 0 fully saturated rings. The van der Waals surface area contributed by atoms with Crippen LogP contribution in [0.4, 0.5) is 18.9 Å². The summed E-state index contributed by atoms with van der Waals surface area (Å²) in [5.74, 6) is -0.558. The van der Waals surface area contributed by atoms with Gasteiger partial charge in [-0.15, -0.1) is 0 Å². The Morgan fingerprint density at radius 1 is 1.00 bits per heavy atom. The van der Waals surface area contributed by atoms with Gasteiger partial charge in [-0.25, -0.2) is 13.1 Å². The fourth-order valence-corrected chi connectivity index (χ4v) is 3.92. The van der Waals surface area contributed by atoms with Gasteiger partial charge in [-0.05, 0) is 50.6 Å². The van der Waals surface area contributed by atoms with Crippen LogP contribution >= 0.6 is 0 Å². The van der Waals surface area contributed by atoms with E-state index in [-0.39, 0.29) is 22.6 Å². The van der Waals surface area contributed by atoms with Crippen molar-refractivity contribution in [1.29, 1.82) is 0 Å². The summed E-state index contributed by atoms with van der Waals surface area (Å²) in [5.41, 5.74) is -1.08. The van der Waals surface area contributed by atoms with Crippen LogP contribution in [-0.4, -0.2) is 19.9 Å². The van der Waals surface area contributed by atoms with Crippen LogP contribution in [0, 0.1) is 0 Å². The van der Waals surface area contributed by atoms with Crippen LogP contribution in [-0.2, 0) is 27.4 Å². The van der Waals surface area contributed by atoms with E-state index >= 15 is 0 Å². The van der Waals surface area contributed by atoms with E-state index in [1.54, 1.807) is 20.8 Å². The lowest BCUT2D eigenvalue weighted by Gasteiger charge is -2.20. The second-order valence-corrected chi connectivity index (χ2v) is 8.99. The summed E-state index contributed by atoms with van der Waals surface area (Å²) in [6.45, 7) is 5.10. The Balaban J connectivity index is 2.13. The van der Waals surface area contributed by atoms with Crippen molar-refractivity contribution < 1.29 is 26.4 Å². The van der Waals surface area contributed by atoms with Crippen molar-refractivity contribution in [3.63, 3.8) is 0 Å². The number of hydrogen-bond acceptors (Lipinski definition) is 3. The van der Waals surface area contributed by atoms with Gasteiger partial charge in [0.05, 0.1) is 16.9 Å². The molecular formula is C19H21F3N2O3S. The van der Waals surface area contributed by atoms with E-state index in [1.165, 1.54) is 36.4 Å². The van der Waals surface area contributed by atoms with E-state index in [4.69, 9.17) is 0 Å². The van der Waals surface area contributed by atoms with Crippen LogP contribution in [0.2, 0.25) is 0 Å². The second kappa shape index (κ2) is 7.92. The Morgan fingerprint density at radius 3 is 2.25 bits per heavy atom. The number of benzene rings is 2. The summed E-state index contributed by atoms with van der Waals surface area (Å²) in [5, 5.41) is 2.51. The molecule has 2 aromatic rings. The Labute approximate surface area is 162 Å². The molecule has 2 aromatic carbocycles. The van der Waals surface area contributed by atoms with Crippen LogP contribution in [0.15, 0.2) is 53.4 Å². The van der Waals surface area contributed by atoms with E-state index in [2.05, 4.69) is 10.0 Å². The lowest BCUT2D eigenvalue weighted by molar-refractivity contribution is -0.137. The molecule has 0 unspecified atom stereocenters. The first-order valence-electron chi connectivity index (χ1n) is 8.36. The fourth-order valence-electron chi connectivity index (χ4n) is 2.45. The van der Waals surface area contributed by atoms with Gasteiger partial charge in [0.25, 0.3) is 0 Å². The van der Waals surface area contributed by atoms with E-state index in [1.807, 2.05) is 0 Å². The predicted octanol–water partition coefficient (Wildman–Crippen LogP) is 3.96. The van der Waals surface area contributed by atoms with Crippen molar-refractivity contribution in [3.05, 3.63) is 59.7 Å². The summed E-state index contributed by atoms with van der Waals surface area (Å²) in [6, 6.07) is 10.1. The van der Waals surface area contributed by atoms with E-state index in [9.17, 15) is 26.4 Å². The van der Waals surface area contributed by atoms with Gasteiger partial charge in [-0.1, -0.05) is 24.3 Å². The number of carbonyl (C=O) groups is 1. The maximum Gasteiger partial charge on any atom is 0.416 e. The van der Waals surface area contributed by atoms with Crippen LogP contribution < -0.4 is 10.0 Å². The molecule has 0 spiro atoms. The molecule has 0 saturated carbocycles. The SMILES string of the molecule is CC(C)(C)NS(=O)(=O)c1cccc(NC(=O)Cc2cccc(C(F)(F)F)c2)c1. The number of sulfonamides is 1. The van der Waals surface area contributed by atoms with Crippen molar-refractivity contribution in [1.82, 2.24) is 4.72 Å². The topological polar surface area (TPSA) is 75.3 Å². The maximum absolute atomic E-state index is 12.8. The third-order valence-electron chi connectivity index (χ3n) is 3.49. The van der Waals surface area contributed by atoms with Gasteiger partial charge in [0, 0.05) is 11.2 Å². The maximum atomic E-state index is 12.8. The highest BCUT2D eigenvalue weighted by Crippen LogP contribution is 2.29. The highest BCUT2D eigenvalue weighted by atomic mass is 32.2. The van der Waals surface area contributed by atoms with Crippen LogP contribution in [0.1, 0.15) is 31.9 Å². The van der Waals surface area contributed by atoms with Gasteiger partial charge in [-0.3, -0.25) is 4.79 Å². The average Bonchev–Trinajstić information content (AvgIpc) is 2.52. The van der Waals surface area contributed by atoms with Crippen molar-refractivity contribution in [2.75, 3.05) is 5.32 Å². The normalized spacial score (nSPS) is 12.6. The summed E-state index contributed by atoms with van der Waals surface area (Å²) >= 11 is 0. The number of amides is 1. The Kier molecular flexibility index (Phi) is 6.20. The molecule has 0 aliphatic carbocycles. The second-order valence-electron chi connectivity index (χ2n) is 7.31. The summed E-state index contributed by atoms with van der Waals surface area (Å²) < 4.78 is 65.5. The standard InChI is InChI=1S/C19H21F3N2O3S/c1-18(2,3)24-28(26,27)16-9-5-8-15(12-16)23-17(25)11-13-6-4-7-14(10-13)19(20,21)22/h4-10,12,24H,11H2,1-3H3,(H,23,25). The van der Waals surface area contributed by atoms with Gasteiger partial charge in [0.1, 0.15) is 0 Å². The zero-order valence-corrected chi connectivity index (χ0v) is 16.4. The van der Waals surface area contributed by atoms with Gasteiger partial charge in [0.15, 0.2) is 0 Å². The minimum atomic E-state index is -4.49. The molecule has 0 bridgehead atoms. The highest BCUT2D eigenvalue weighted by Gasteiger charge is 2.30. The zero-order valence-electron chi connectivity index (χ0n) is 15.6. The summed E-state index contributed by atoms with van der Waals surface area (Å²) in [6.07, 6.45) is -4.77. The molecule has 0 aromatic heterocycles. The predicted molar refractivity (Wildman–Crippen MR) is 100 cm³/mol. The van der Waals surface area contributed by atoms with Crippen molar-refractivity contribution >= 4 is 21.6 Å². The first kappa shape index (κ1) is 21.9. The molecular weight excluding hydrogens is 393 g/mol. The molecule has 9 heteroatoms. The molecule has 2 N–H and O–H groups in total. The first-order valence-corrected chi connectivity index (χ1v) is 9.85. The van der Waals surface area contributed by atoms with E-state index in [0.717, 1.165) is 12.1 Å². The number of alkyl halides is 3. The van der Waals surface area contributed by atoms with Crippen molar-refractivity contribution in [2.45, 2.75) is 43.8 Å². The van der Waals surface area contributed by atoms with Gasteiger partial charge in [0.2, 0.25) is 15.9 Å². The van der Waals surface area contributed by atoms with Gasteiger partial charge >= 0.3 is 6.18 Å². The third-order valence-corrected chi connectivity index (χ3v) is 5.24. The van der Waals surface area contributed by atoms with Crippen molar-refractivity contribution in [2.24, 2.45) is 0 Å². The molecule has 28 heavy (non-hydrogen) atoms. The molecule has 5 nitrogen and oxygen atoms in total.